The standard InChI is InChI=1S/C11H10N4O2/c16-11(13-7-14-17)9-1-3-10(4-2-9)15-6-5-12-8-15/h1-6,8H,7H2,(H,13,16). The van der Waals surface area contributed by atoms with Crippen LogP contribution in [-0.4, -0.2) is 22.1 Å². The molecule has 0 bridgehead atoms. The summed E-state index contributed by atoms with van der Waals surface area (Å²) in [7, 11) is 0. The van der Waals surface area contributed by atoms with Gasteiger partial charge in [0.1, 0.15) is 0 Å². The Morgan fingerprint density at radius 3 is 2.71 bits per heavy atom. The van der Waals surface area contributed by atoms with Gasteiger partial charge < -0.3 is 9.88 Å². The predicted octanol–water partition coefficient (Wildman–Crippen LogP) is 1.33. The first-order valence-electron chi connectivity index (χ1n) is 4.97. The molecule has 2 rings (SSSR count). The van der Waals surface area contributed by atoms with Gasteiger partial charge in [-0.05, 0) is 29.4 Å². The zero-order valence-electron chi connectivity index (χ0n) is 8.91. The molecular weight excluding hydrogens is 220 g/mol. The third-order valence-corrected chi connectivity index (χ3v) is 2.24. The molecule has 0 radical (unpaired) electrons. The summed E-state index contributed by atoms with van der Waals surface area (Å²) >= 11 is 0. The Morgan fingerprint density at radius 1 is 1.35 bits per heavy atom. The van der Waals surface area contributed by atoms with Crippen LogP contribution in [-0.2, 0) is 0 Å². The Balaban J connectivity index is 2.13. The fourth-order valence-corrected chi connectivity index (χ4v) is 1.40. The summed E-state index contributed by atoms with van der Waals surface area (Å²) in [4.78, 5) is 25.3. The van der Waals surface area contributed by atoms with E-state index in [4.69, 9.17) is 0 Å². The molecule has 0 aliphatic heterocycles. The Morgan fingerprint density at radius 2 is 2.12 bits per heavy atom. The van der Waals surface area contributed by atoms with E-state index < -0.39 is 0 Å². The van der Waals surface area contributed by atoms with Gasteiger partial charge in [-0.15, -0.1) is 4.91 Å². The van der Waals surface area contributed by atoms with Crippen LogP contribution in [0.25, 0.3) is 5.69 Å². The van der Waals surface area contributed by atoms with Crippen LogP contribution in [0.5, 0.6) is 0 Å². The molecule has 0 aliphatic carbocycles. The molecule has 6 nitrogen and oxygen atoms in total. The molecule has 17 heavy (non-hydrogen) atoms. The average molecular weight is 230 g/mol. The SMILES string of the molecule is O=NCNC(=O)c1ccc(-n2ccnc2)cc1. The van der Waals surface area contributed by atoms with E-state index in [9.17, 15) is 9.70 Å². The van der Waals surface area contributed by atoms with Crippen LogP contribution in [0.2, 0.25) is 0 Å². The summed E-state index contributed by atoms with van der Waals surface area (Å²) < 4.78 is 1.83. The highest BCUT2D eigenvalue weighted by atomic mass is 16.3. The zero-order valence-corrected chi connectivity index (χ0v) is 8.91. The van der Waals surface area contributed by atoms with Crippen molar-refractivity contribution in [1.82, 2.24) is 14.9 Å². The number of hydrogen-bond donors (Lipinski definition) is 1. The predicted molar refractivity (Wildman–Crippen MR) is 61.7 cm³/mol. The summed E-state index contributed by atoms with van der Waals surface area (Å²) in [6.45, 7) is -0.220. The first-order chi connectivity index (χ1) is 8.31. The lowest BCUT2D eigenvalue weighted by atomic mass is 10.2. The van der Waals surface area contributed by atoms with Crippen molar-refractivity contribution < 1.29 is 4.79 Å². The van der Waals surface area contributed by atoms with Gasteiger partial charge in [-0.2, -0.15) is 0 Å². The van der Waals surface area contributed by atoms with Gasteiger partial charge in [-0.3, -0.25) is 4.79 Å². The van der Waals surface area contributed by atoms with E-state index in [0.29, 0.717) is 5.56 Å². The van der Waals surface area contributed by atoms with Crippen LogP contribution >= 0.6 is 0 Å². The van der Waals surface area contributed by atoms with E-state index in [0.717, 1.165) is 5.69 Å². The van der Waals surface area contributed by atoms with Crippen molar-refractivity contribution in [1.29, 1.82) is 0 Å². The largest absolute Gasteiger partial charge is 0.330 e. The number of nitrogens with one attached hydrogen (secondary N) is 1. The zero-order chi connectivity index (χ0) is 12.1. The van der Waals surface area contributed by atoms with Crippen molar-refractivity contribution >= 4 is 5.91 Å². The van der Waals surface area contributed by atoms with Gasteiger partial charge in [0, 0.05) is 23.6 Å². The first kappa shape index (κ1) is 11.0. The van der Waals surface area contributed by atoms with Crippen molar-refractivity contribution in [3.05, 3.63) is 53.5 Å². The van der Waals surface area contributed by atoms with E-state index in [2.05, 4.69) is 15.5 Å². The number of nitrogens with zero attached hydrogens (tertiary/aromatic N) is 3. The van der Waals surface area contributed by atoms with Gasteiger partial charge in [0.05, 0.1) is 6.33 Å². The molecule has 86 valence electrons. The smallest absolute Gasteiger partial charge is 0.252 e. The van der Waals surface area contributed by atoms with Crippen LogP contribution < -0.4 is 5.32 Å². The normalized spacial score (nSPS) is 9.88. The summed E-state index contributed by atoms with van der Waals surface area (Å²) in [6, 6.07) is 6.95. The van der Waals surface area contributed by atoms with Crippen LogP contribution in [0.15, 0.2) is 48.2 Å². The number of amides is 1. The van der Waals surface area contributed by atoms with Gasteiger partial charge in [0.15, 0.2) is 6.67 Å². The van der Waals surface area contributed by atoms with Crippen molar-refractivity contribution in [2.45, 2.75) is 0 Å². The minimum Gasteiger partial charge on any atom is -0.330 e. The van der Waals surface area contributed by atoms with Crippen molar-refractivity contribution in [2.24, 2.45) is 5.18 Å². The quantitative estimate of drug-likeness (QED) is 0.805. The molecule has 1 aromatic heterocycles. The molecule has 0 atom stereocenters. The lowest BCUT2D eigenvalue weighted by Crippen LogP contribution is -2.22. The Kier molecular flexibility index (Phi) is 3.25. The Hall–Kier alpha value is -2.50. The second-order valence-electron chi connectivity index (χ2n) is 3.31. The van der Waals surface area contributed by atoms with E-state index in [1.54, 1.807) is 36.8 Å². The molecule has 1 amide bonds. The monoisotopic (exact) mass is 230 g/mol. The number of rotatable bonds is 4. The Bertz CT molecular complexity index is 505. The van der Waals surface area contributed by atoms with E-state index >= 15 is 0 Å². The molecule has 1 aromatic carbocycles. The molecular formula is C11H10N4O2. The highest BCUT2D eigenvalue weighted by Gasteiger charge is 2.04. The van der Waals surface area contributed by atoms with Crippen LogP contribution in [0.1, 0.15) is 10.4 Å². The lowest BCUT2D eigenvalue weighted by Gasteiger charge is -2.04. The van der Waals surface area contributed by atoms with E-state index in [1.807, 2.05) is 10.8 Å². The molecule has 0 saturated carbocycles. The number of hydrogen-bond acceptors (Lipinski definition) is 4. The molecule has 2 aromatic rings. The third kappa shape index (κ3) is 2.54. The molecule has 0 aliphatic rings. The number of benzene rings is 1. The lowest BCUT2D eigenvalue weighted by molar-refractivity contribution is 0.0955. The fourth-order valence-electron chi connectivity index (χ4n) is 1.40. The number of aromatic nitrogens is 2. The highest BCUT2D eigenvalue weighted by Crippen LogP contribution is 2.09. The highest BCUT2D eigenvalue weighted by molar-refractivity contribution is 5.94. The molecule has 0 spiro atoms. The van der Waals surface area contributed by atoms with Crippen LogP contribution in [0, 0.1) is 4.91 Å². The topological polar surface area (TPSA) is 76.3 Å². The minimum atomic E-state index is -0.318. The second-order valence-corrected chi connectivity index (χ2v) is 3.31. The average Bonchev–Trinajstić information content (AvgIpc) is 2.90. The van der Waals surface area contributed by atoms with E-state index in [-0.39, 0.29) is 12.6 Å². The summed E-state index contributed by atoms with van der Waals surface area (Å²) in [5.74, 6) is -0.318. The van der Waals surface area contributed by atoms with Gasteiger partial charge in [0.2, 0.25) is 0 Å². The van der Waals surface area contributed by atoms with Gasteiger partial charge in [0.25, 0.3) is 5.91 Å². The minimum absolute atomic E-state index is 0.220. The van der Waals surface area contributed by atoms with Crippen LogP contribution in [0.4, 0.5) is 0 Å². The third-order valence-electron chi connectivity index (χ3n) is 2.24. The molecule has 6 heteroatoms. The number of imidazole rings is 1. The van der Waals surface area contributed by atoms with Gasteiger partial charge >= 0.3 is 0 Å². The summed E-state index contributed by atoms with van der Waals surface area (Å²) in [5.41, 5.74) is 1.39. The molecule has 1 N–H and O–H groups in total. The Labute approximate surface area is 97.3 Å². The molecule has 0 unspecified atom stereocenters. The number of nitroso groups, excluding NO2 is 1. The van der Waals surface area contributed by atoms with Crippen molar-refractivity contribution in [2.75, 3.05) is 6.67 Å². The van der Waals surface area contributed by atoms with Gasteiger partial charge in [-0.1, -0.05) is 0 Å². The first-order valence-corrected chi connectivity index (χ1v) is 4.97. The number of carbonyl (C=O) groups excluding carboxylic acids is 1. The van der Waals surface area contributed by atoms with Crippen molar-refractivity contribution in [3.8, 4) is 5.69 Å². The molecule has 0 saturated heterocycles. The number of carbonyl (C=O) groups is 1. The van der Waals surface area contributed by atoms with Crippen LogP contribution in [0.3, 0.4) is 0 Å². The maximum atomic E-state index is 11.5. The maximum Gasteiger partial charge on any atom is 0.252 e. The van der Waals surface area contributed by atoms with E-state index in [1.165, 1.54) is 0 Å². The molecule has 0 fully saturated rings. The van der Waals surface area contributed by atoms with Crippen molar-refractivity contribution in [3.63, 3.8) is 0 Å². The summed E-state index contributed by atoms with van der Waals surface area (Å²) in [5, 5.41) is 4.93. The maximum absolute atomic E-state index is 11.5. The summed E-state index contributed by atoms with van der Waals surface area (Å²) in [6.07, 6.45) is 5.16. The fraction of sp³-hybridized carbons (Fsp3) is 0.0909. The second kappa shape index (κ2) is 5.02. The molecule has 1 heterocycles. The van der Waals surface area contributed by atoms with Gasteiger partial charge in [-0.25, -0.2) is 4.98 Å².